The van der Waals surface area contributed by atoms with E-state index in [1.165, 1.54) is 0 Å². The number of carboxylic acids is 1. The standard InChI is InChI=1S/C23H27NO6/c1-13-14(7-8-20(25)24-9-5-6-21(26)27)22(28)30-19-11-18-16(10-15(13)19)17(12-29-18)23(2,3)4/h10-12H,5-9H2,1-4H3,(H,24,25)(H,26,27)/p-1. The van der Waals surface area contributed by atoms with E-state index in [4.69, 9.17) is 8.83 Å². The van der Waals surface area contributed by atoms with Crippen LogP contribution in [-0.4, -0.2) is 18.4 Å². The highest BCUT2D eigenvalue weighted by molar-refractivity contribution is 5.96. The van der Waals surface area contributed by atoms with Gasteiger partial charge in [-0.1, -0.05) is 20.8 Å². The molecule has 2 aromatic heterocycles. The van der Waals surface area contributed by atoms with Crippen LogP contribution in [0.3, 0.4) is 0 Å². The Morgan fingerprint density at radius 2 is 1.83 bits per heavy atom. The lowest BCUT2D eigenvalue weighted by atomic mass is 9.86. The van der Waals surface area contributed by atoms with E-state index in [9.17, 15) is 19.5 Å². The van der Waals surface area contributed by atoms with E-state index in [-0.39, 0.29) is 37.1 Å². The van der Waals surface area contributed by atoms with Crippen LogP contribution in [0.25, 0.3) is 21.9 Å². The number of aliphatic carboxylic acids is 1. The number of carbonyl (C=O) groups excluding carboxylic acids is 2. The molecule has 0 aliphatic carbocycles. The second-order valence-electron chi connectivity index (χ2n) is 8.56. The van der Waals surface area contributed by atoms with Gasteiger partial charge in [-0.15, -0.1) is 0 Å². The lowest BCUT2D eigenvalue weighted by molar-refractivity contribution is -0.305. The van der Waals surface area contributed by atoms with Crippen molar-refractivity contribution in [2.75, 3.05) is 6.54 Å². The summed E-state index contributed by atoms with van der Waals surface area (Å²) in [6, 6.07) is 3.72. The Kier molecular flexibility index (Phi) is 6.01. The topological polar surface area (TPSA) is 113 Å². The van der Waals surface area contributed by atoms with Gasteiger partial charge in [-0.05, 0) is 43.2 Å². The van der Waals surface area contributed by atoms with Gasteiger partial charge in [0.25, 0.3) is 0 Å². The summed E-state index contributed by atoms with van der Waals surface area (Å²) in [6.45, 7) is 8.44. The van der Waals surface area contributed by atoms with Gasteiger partial charge in [-0.3, -0.25) is 4.79 Å². The van der Waals surface area contributed by atoms with Gasteiger partial charge in [0.1, 0.15) is 11.2 Å². The smallest absolute Gasteiger partial charge is 0.339 e. The molecule has 0 radical (unpaired) electrons. The fourth-order valence-corrected chi connectivity index (χ4v) is 3.57. The van der Waals surface area contributed by atoms with Crippen molar-refractivity contribution in [3.8, 4) is 0 Å². The molecule has 7 nitrogen and oxygen atoms in total. The molecular formula is C23H26NO6-. The fourth-order valence-electron chi connectivity index (χ4n) is 3.57. The molecule has 0 saturated carbocycles. The summed E-state index contributed by atoms with van der Waals surface area (Å²) in [5.41, 5.74) is 2.88. The molecular weight excluding hydrogens is 386 g/mol. The Balaban J connectivity index is 1.85. The predicted molar refractivity (Wildman–Crippen MR) is 111 cm³/mol. The van der Waals surface area contributed by atoms with Crippen molar-refractivity contribution in [2.45, 2.75) is 58.8 Å². The van der Waals surface area contributed by atoms with Gasteiger partial charge in [-0.25, -0.2) is 4.79 Å². The minimum absolute atomic E-state index is 0.0972. The first-order valence-corrected chi connectivity index (χ1v) is 10.0. The Bertz CT molecular complexity index is 1160. The summed E-state index contributed by atoms with van der Waals surface area (Å²) >= 11 is 0. The van der Waals surface area contributed by atoms with Crippen LogP contribution >= 0.6 is 0 Å². The van der Waals surface area contributed by atoms with Crippen LogP contribution in [0.1, 0.15) is 56.7 Å². The highest BCUT2D eigenvalue weighted by Crippen LogP contribution is 2.35. The number of furan rings is 1. The molecule has 0 saturated heterocycles. The quantitative estimate of drug-likeness (QED) is 0.472. The van der Waals surface area contributed by atoms with Crippen LogP contribution in [0.4, 0.5) is 0 Å². The van der Waals surface area contributed by atoms with Gasteiger partial charge in [0.2, 0.25) is 5.91 Å². The van der Waals surface area contributed by atoms with Crippen molar-refractivity contribution in [3.63, 3.8) is 0 Å². The molecule has 2 heterocycles. The maximum atomic E-state index is 12.5. The van der Waals surface area contributed by atoms with Crippen LogP contribution in [0, 0.1) is 6.92 Å². The van der Waals surface area contributed by atoms with Crippen LogP contribution in [-0.2, 0) is 21.4 Å². The molecule has 1 N–H and O–H groups in total. The van der Waals surface area contributed by atoms with Crippen LogP contribution in [0.5, 0.6) is 0 Å². The average molecular weight is 412 g/mol. The normalized spacial score (nSPS) is 11.9. The maximum Gasteiger partial charge on any atom is 0.339 e. The minimum atomic E-state index is -1.14. The molecule has 0 fully saturated rings. The summed E-state index contributed by atoms with van der Waals surface area (Å²) in [5.74, 6) is -1.39. The highest BCUT2D eigenvalue weighted by Gasteiger charge is 2.21. The van der Waals surface area contributed by atoms with E-state index < -0.39 is 11.6 Å². The van der Waals surface area contributed by atoms with Crippen LogP contribution in [0.15, 0.2) is 32.0 Å². The van der Waals surface area contributed by atoms with Crippen molar-refractivity contribution in [1.82, 2.24) is 5.32 Å². The van der Waals surface area contributed by atoms with Crippen LogP contribution < -0.4 is 16.0 Å². The highest BCUT2D eigenvalue weighted by atomic mass is 16.4. The molecule has 0 aliphatic rings. The fraction of sp³-hybridized carbons (Fsp3) is 0.435. The molecule has 160 valence electrons. The molecule has 1 aromatic carbocycles. The summed E-state index contributed by atoms with van der Waals surface area (Å²) in [7, 11) is 0. The summed E-state index contributed by atoms with van der Waals surface area (Å²) in [4.78, 5) is 34.9. The average Bonchev–Trinajstić information content (AvgIpc) is 3.06. The number of fused-ring (bicyclic) bond motifs is 2. The number of hydrogen-bond donors (Lipinski definition) is 1. The number of carbonyl (C=O) groups is 2. The maximum absolute atomic E-state index is 12.5. The summed E-state index contributed by atoms with van der Waals surface area (Å²) in [6.07, 6.45) is 2.30. The molecule has 0 atom stereocenters. The molecule has 0 unspecified atom stereocenters. The number of aryl methyl sites for hydroxylation is 1. The Morgan fingerprint density at radius 3 is 2.50 bits per heavy atom. The lowest BCUT2D eigenvalue weighted by Crippen LogP contribution is -2.28. The van der Waals surface area contributed by atoms with Gasteiger partial charge in [-0.2, -0.15) is 0 Å². The third-order valence-electron chi connectivity index (χ3n) is 5.27. The van der Waals surface area contributed by atoms with Crippen molar-refractivity contribution >= 4 is 33.8 Å². The summed E-state index contributed by atoms with van der Waals surface area (Å²) in [5, 5.41) is 14.8. The Labute approximate surface area is 174 Å². The molecule has 0 bridgehead atoms. The zero-order valence-corrected chi connectivity index (χ0v) is 17.7. The SMILES string of the molecule is Cc1c(CCC(=O)NCCCC(=O)[O-])c(=O)oc2cc3occ(C(C)(C)C)c3cc12. The first-order valence-electron chi connectivity index (χ1n) is 10.0. The van der Waals surface area contributed by atoms with Crippen molar-refractivity contribution in [3.05, 3.63) is 45.5 Å². The molecule has 3 rings (SSSR count). The van der Waals surface area contributed by atoms with Crippen LogP contribution in [0.2, 0.25) is 0 Å². The predicted octanol–water partition coefficient (Wildman–Crippen LogP) is 2.72. The van der Waals surface area contributed by atoms with E-state index in [2.05, 4.69) is 26.1 Å². The van der Waals surface area contributed by atoms with Gasteiger partial charge < -0.3 is 24.1 Å². The molecule has 3 aromatic rings. The second-order valence-corrected chi connectivity index (χ2v) is 8.56. The van der Waals surface area contributed by atoms with E-state index in [0.717, 1.165) is 21.9 Å². The van der Waals surface area contributed by atoms with Gasteiger partial charge in [0.05, 0.1) is 6.26 Å². The number of hydrogen-bond acceptors (Lipinski definition) is 6. The Hall–Kier alpha value is -3.09. The third kappa shape index (κ3) is 4.56. The van der Waals surface area contributed by atoms with E-state index in [0.29, 0.717) is 23.2 Å². The van der Waals surface area contributed by atoms with E-state index in [1.54, 1.807) is 12.3 Å². The van der Waals surface area contributed by atoms with Crippen molar-refractivity contribution < 1.29 is 23.5 Å². The van der Waals surface area contributed by atoms with E-state index >= 15 is 0 Å². The second kappa shape index (κ2) is 8.34. The zero-order chi connectivity index (χ0) is 22.1. The third-order valence-corrected chi connectivity index (χ3v) is 5.27. The first kappa shape index (κ1) is 21.6. The minimum Gasteiger partial charge on any atom is -0.550 e. The number of amides is 1. The molecule has 1 amide bonds. The summed E-state index contributed by atoms with van der Waals surface area (Å²) < 4.78 is 11.2. The monoisotopic (exact) mass is 412 g/mol. The molecule has 30 heavy (non-hydrogen) atoms. The molecule has 0 aliphatic heterocycles. The Morgan fingerprint density at radius 1 is 1.10 bits per heavy atom. The number of benzene rings is 1. The van der Waals surface area contributed by atoms with Gasteiger partial charge in [0, 0.05) is 46.9 Å². The number of nitrogens with one attached hydrogen (secondary N) is 1. The van der Waals surface area contributed by atoms with E-state index in [1.807, 2.05) is 13.0 Å². The molecule has 0 spiro atoms. The first-order chi connectivity index (χ1) is 14.1. The number of carboxylic acid groups (broad SMARTS) is 1. The largest absolute Gasteiger partial charge is 0.550 e. The molecule has 7 heteroatoms. The lowest BCUT2D eigenvalue weighted by Gasteiger charge is -2.16. The van der Waals surface area contributed by atoms with Crippen molar-refractivity contribution in [1.29, 1.82) is 0 Å². The number of rotatable bonds is 7. The zero-order valence-electron chi connectivity index (χ0n) is 17.7. The van der Waals surface area contributed by atoms with Gasteiger partial charge in [0.15, 0.2) is 0 Å². The van der Waals surface area contributed by atoms with Gasteiger partial charge >= 0.3 is 5.63 Å². The van der Waals surface area contributed by atoms with Crippen molar-refractivity contribution in [2.24, 2.45) is 0 Å².